The summed E-state index contributed by atoms with van der Waals surface area (Å²) in [6, 6.07) is 3.24. The molecule has 0 radical (unpaired) electrons. The lowest BCUT2D eigenvalue weighted by atomic mass is 10.1. The van der Waals surface area contributed by atoms with Gasteiger partial charge in [-0.3, -0.25) is 9.78 Å². The Morgan fingerprint density at radius 3 is 2.86 bits per heavy atom. The van der Waals surface area contributed by atoms with Crippen molar-refractivity contribution in [2.24, 2.45) is 0 Å². The van der Waals surface area contributed by atoms with Gasteiger partial charge in [0.05, 0.1) is 23.1 Å². The molecule has 5 nitrogen and oxygen atoms in total. The molecule has 0 N–H and O–H groups in total. The molecule has 3 aromatic heterocycles. The summed E-state index contributed by atoms with van der Waals surface area (Å²) in [5.41, 5.74) is 2.91. The largest absolute Gasteiger partial charge is 0.298 e. The van der Waals surface area contributed by atoms with Crippen LogP contribution in [-0.2, 0) is 0 Å². The molecule has 0 aliphatic heterocycles. The molecule has 1 saturated carbocycles. The maximum atomic E-state index is 13.3. The van der Waals surface area contributed by atoms with E-state index in [1.165, 1.54) is 12.3 Å². The average molecular weight is 282 g/mol. The lowest BCUT2D eigenvalue weighted by Crippen LogP contribution is -1.99. The van der Waals surface area contributed by atoms with Crippen LogP contribution in [0, 0.1) is 5.82 Å². The van der Waals surface area contributed by atoms with Gasteiger partial charge in [0.2, 0.25) is 0 Å². The number of pyridine rings is 1. The highest BCUT2D eigenvalue weighted by atomic mass is 19.1. The summed E-state index contributed by atoms with van der Waals surface area (Å²) in [6.45, 7) is 0. The van der Waals surface area contributed by atoms with E-state index >= 15 is 0 Å². The molecule has 0 atom stereocenters. The zero-order valence-corrected chi connectivity index (χ0v) is 11.0. The second-order valence-corrected chi connectivity index (χ2v) is 5.20. The lowest BCUT2D eigenvalue weighted by molar-refractivity contribution is 0.112. The molecule has 0 unspecified atom stereocenters. The monoisotopic (exact) mass is 282 g/mol. The Labute approximate surface area is 119 Å². The van der Waals surface area contributed by atoms with Crippen molar-refractivity contribution in [3.63, 3.8) is 0 Å². The Balaban J connectivity index is 1.92. The van der Waals surface area contributed by atoms with Crippen LogP contribution in [0.15, 0.2) is 30.7 Å². The highest BCUT2D eigenvalue weighted by Gasteiger charge is 2.26. The minimum absolute atomic E-state index is 0.361. The number of nitrogens with zero attached hydrogens (tertiary/aromatic N) is 4. The molecule has 4 rings (SSSR count). The van der Waals surface area contributed by atoms with E-state index in [-0.39, 0.29) is 0 Å². The Hall–Kier alpha value is -2.63. The first kappa shape index (κ1) is 12.1. The molecule has 1 aliphatic carbocycles. The van der Waals surface area contributed by atoms with Crippen LogP contribution in [0.4, 0.5) is 4.39 Å². The van der Waals surface area contributed by atoms with Crippen LogP contribution in [0.2, 0.25) is 0 Å². The van der Waals surface area contributed by atoms with Crippen LogP contribution in [0.1, 0.15) is 34.8 Å². The number of aromatic nitrogens is 4. The molecule has 1 aliphatic rings. The molecule has 104 valence electrons. The van der Waals surface area contributed by atoms with Crippen molar-refractivity contribution in [1.29, 1.82) is 0 Å². The van der Waals surface area contributed by atoms with Crippen molar-refractivity contribution in [2.45, 2.75) is 18.8 Å². The van der Waals surface area contributed by atoms with Gasteiger partial charge in [0.15, 0.2) is 11.9 Å². The molecule has 21 heavy (non-hydrogen) atoms. The van der Waals surface area contributed by atoms with E-state index < -0.39 is 5.82 Å². The van der Waals surface area contributed by atoms with Crippen LogP contribution in [0.3, 0.4) is 0 Å². The Morgan fingerprint density at radius 1 is 1.29 bits per heavy atom. The van der Waals surface area contributed by atoms with Crippen molar-refractivity contribution in [3.8, 4) is 11.3 Å². The van der Waals surface area contributed by atoms with Crippen molar-refractivity contribution in [3.05, 3.63) is 47.8 Å². The zero-order chi connectivity index (χ0) is 14.4. The molecule has 0 saturated heterocycles. The minimum Gasteiger partial charge on any atom is -0.298 e. The number of rotatable bonds is 3. The summed E-state index contributed by atoms with van der Waals surface area (Å²) in [4.78, 5) is 19.5. The van der Waals surface area contributed by atoms with Gasteiger partial charge in [-0.05, 0) is 18.9 Å². The van der Waals surface area contributed by atoms with Crippen LogP contribution < -0.4 is 0 Å². The third-order valence-corrected chi connectivity index (χ3v) is 3.60. The summed E-state index contributed by atoms with van der Waals surface area (Å²) in [6.07, 6.45) is 7.22. The first-order valence-electron chi connectivity index (χ1n) is 6.71. The zero-order valence-electron chi connectivity index (χ0n) is 11.0. The number of hydrogen-bond acceptors (Lipinski definition) is 4. The quantitative estimate of drug-likeness (QED) is 0.693. The smallest absolute Gasteiger partial charge is 0.155 e. The van der Waals surface area contributed by atoms with Crippen LogP contribution in [0.5, 0.6) is 0 Å². The first-order valence-corrected chi connectivity index (χ1v) is 6.71. The number of aldehydes is 1. The molecule has 3 heterocycles. The molecule has 0 aromatic carbocycles. The molecule has 0 bridgehead atoms. The lowest BCUT2D eigenvalue weighted by Gasteiger charge is -2.04. The topological polar surface area (TPSA) is 60.2 Å². The minimum atomic E-state index is -0.460. The van der Waals surface area contributed by atoms with Crippen LogP contribution >= 0.6 is 0 Å². The molecule has 1 fully saturated rings. The van der Waals surface area contributed by atoms with E-state index in [1.807, 2.05) is 6.07 Å². The van der Waals surface area contributed by atoms with Gasteiger partial charge in [-0.1, -0.05) is 0 Å². The number of hydrogen-bond donors (Lipinski definition) is 0. The second-order valence-electron chi connectivity index (χ2n) is 5.20. The van der Waals surface area contributed by atoms with Crippen molar-refractivity contribution in [2.75, 3.05) is 0 Å². The van der Waals surface area contributed by atoms with E-state index in [1.54, 1.807) is 10.7 Å². The van der Waals surface area contributed by atoms with E-state index in [0.29, 0.717) is 34.7 Å². The third kappa shape index (κ3) is 2.08. The van der Waals surface area contributed by atoms with Crippen LogP contribution in [0.25, 0.3) is 16.9 Å². The number of carbonyl (C=O) groups excluding carboxylic acids is 1. The summed E-state index contributed by atoms with van der Waals surface area (Å²) < 4.78 is 14.9. The maximum absolute atomic E-state index is 13.3. The number of fused-ring (bicyclic) bond motifs is 1. The normalized spacial score (nSPS) is 14.5. The van der Waals surface area contributed by atoms with Crippen molar-refractivity contribution in [1.82, 2.24) is 19.6 Å². The fourth-order valence-corrected chi connectivity index (χ4v) is 2.39. The predicted octanol–water partition coefficient (Wildman–Crippen LogP) is 2.62. The van der Waals surface area contributed by atoms with Crippen molar-refractivity contribution < 1.29 is 9.18 Å². The van der Waals surface area contributed by atoms with Crippen LogP contribution in [-0.4, -0.2) is 25.9 Å². The first-order chi connectivity index (χ1) is 10.2. The van der Waals surface area contributed by atoms with Crippen molar-refractivity contribution >= 4 is 11.9 Å². The van der Waals surface area contributed by atoms with Gasteiger partial charge in [-0.25, -0.2) is 13.9 Å². The highest BCUT2D eigenvalue weighted by Crippen LogP contribution is 2.39. The molecule has 6 heteroatoms. The van der Waals surface area contributed by atoms with E-state index in [9.17, 15) is 9.18 Å². The van der Waals surface area contributed by atoms with Gasteiger partial charge < -0.3 is 0 Å². The molecule has 0 amide bonds. The van der Waals surface area contributed by atoms with E-state index in [4.69, 9.17) is 0 Å². The maximum Gasteiger partial charge on any atom is 0.155 e. The number of halogens is 1. The van der Waals surface area contributed by atoms with Gasteiger partial charge in [-0.2, -0.15) is 5.10 Å². The molecule has 0 spiro atoms. The molecular weight excluding hydrogens is 271 g/mol. The standard InChI is InChI=1S/C15H11FN4O/c16-12-3-10(5-17-6-12)15-11(8-21)7-20-14(18-15)4-13(19-20)9-1-2-9/h3-9H,1-2H2. The number of carbonyl (C=O) groups is 1. The SMILES string of the molecule is O=Cc1cn2nc(C3CC3)cc2nc1-c1cncc(F)c1. The van der Waals surface area contributed by atoms with Gasteiger partial charge >= 0.3 is 0 Å². The van der Waals surface area contributed by atoms with E-state index in [0.717, 1.165) is 24.7 Å². The average Bonchev–Trinajstić information content (AvgIpc) is 3.26. The third-order valence-electron chi connectivity index (χ3n) is 3.60. The van der Waals surface area contributed by atoms with Gasteiger partial charge in [0, 0.05) is 29.9 Å². The fourth-order valence-electron chi connectivity index (χ4n) is 2.39. The Kier molecular flexibility index (Phi) is 2.57. The van der Waals surface area contributed by atoms with Gasteiger partial charge in [0.1, 0.15) is 5.82 Å². The Morgan fingerprint density at radius 2 is 2.14 bits per heavy atom. The highest BCUT2D eigenvalue weighted by molar-refractivity contribution is 5.85. The predicted molar refractivity (Wildman–Crippen MR) is 73.5 cm³/mol. The Bertz CT molecular complexity index is 854. The van der Waals surface area contributed by atoms with E-state index in [2.05, 4.69) is 15.1 Å². The summed E-state index contributed by atoms with van der Waals surface area (Å²) in [5.74, 6) is 0.0452. The van der Waals surface area contributed by atoms with Gasteiger partial charge in [-0.15, -0.1) is 0 Å². The summed E-state index contributed by atoms with van der Waals surface area (Å²) in [7, 11) is 0. The van der Waals surface area contributed by atoms with Gasteiger partial charge in [0.25, 0.3) is 0 Å². The second kappa shape index (κ2) is 4.44. The summed E-state index contributed by atoms with van der Waals surface area (Å²) >= 11 is 0. The molecular formula is C15H11FN4O. The summed E-state index contributed by atoms with van der Waals surface area (Å²) in [5, 5.41) is 4.44. The fraction of sp³-hybridized carbons (Fsp3) is 0.200. The molecule has 3 aromatic rings.